The van der Waals surface area contributed by atoms with E-state index in [2.05, 4.69) is 10.2 Å². The van der Waals surface area contributed by atoms with E-state index < -0.39 is 0 Å². The molecule has 4 nitrogen and oxygen atoms in total. The number of rotatable bonds is 5. The Bertz CT molecular complexity index is 844. The van der Waals surface area contributed by atoms with Crippen LogP contribution in [0.3, 0.4) is 0 Å². The number of ether oxygens (including phenoxy) is 2. The third-order valence-electron chi connectivity index (χ3n) is 3.92. The van der Waals surface area contributed by atoms with Crippen molar-refractivity contribution in [3.8, 4) is 11.5 Å². The van der Waals surface area contributed by atoms with Gasteiger partial charge >= 0.3 is 0 Å². The number of benzene rings is 2. The Morgan fingerprint density at radius 3 is 2.32 bits per heavy atom. The second-order valence-electron chi connectivity index (χ2n) is 5.76. The van der Waals surface area contributed by atoms with Crippen LogP contribution in [0.15, 0.2) is 46.6 Å². The molecular weight excluding hydrogens is 336 g/mol. The van der Waals surface area contributed by atoms with Crippen LogP contribution in [-0.2, 0) is 6.42 Å². The van der Waals surface area contributed by atoms with Crippen molar-refractivity contribution in [2.45, 2.75) is 27.2 Å². The van der Waals surface area contributed by atoms with E-state index in [1.54, 1.807) is 0 Å². The summed E-state index contributed by atoms with van der Waals surface area (Å²) in [6.07, 6.45) is 0.708. The lowest BCUT2D eigenvalue weighted by Crippen LogP contribution is -2.09. The van der Waals surface area contributed by atoms with Gasteiger partial charge in [-0.05, 0) is 44.5 Å². The highest BCUT2D eigenvalue weighted by Crippen LogP contribution is 2.34. The number of nitrogens with zero attached hydrogens (tertiary/aromatic N) is 2. The molecule has 25 heavy (non-hydrogen) atoms. The van der Waals surface area contributed by atoms with Crippen molar-refractivity contribution in [2.24, 2.45) is 10.2 Å². The van der Waals surface area contributed by atoms with Crippen LogP contribution in [0.25, 0.3) is 0 Å². The molecule has 0 amide bonds. The molecule has 0 spiro atoms. The molecule has 2 aromatic carbocycles. The predicted octanol–water partition coefficient (Wildman–Crippen LogP) is 4.91. The molecular formula is C20H21ClN2O2. The zero-order valence-electron chi connectivity index (χ0n) is 14.7. The van der Waals surface area contributed by atoms with E-state index >= 15 is 0 Å². The lowest BCUT2D eigenvalue weighted by Gasteiger charge is -2.17. The minimum atomic E-state index is 0.562. The summed E-state index contributed by atoms with van der Waals surface area (Å²) in [6.45, 7) is 7.03. The fourth-order valence-electron chi connectivity index (χ4n) is 2.86. The second kappa shape index (κ2) is 7.70. The van der Waals surface area contributed by atoms with Gasteiger partial charge in [0.15, 0.2) is 11.5 Å². The Morgan fingerprint density at radius 1 is 0.960 bits per heavy atom. The predicted molar refractivity (Wildman–Crippen MR) is 103 cm³/mol. The first-order valence-electron chi connectivity index (χ1n) is 8.43. The standard InChI is InChI=1S/C20H21ClN2O2/c1-4-24-18-11-14-10-13(3)22-23-20(15-8-6-7-9-17(15)21)16(14)12-19(18)25-5-2/h6-9,11-12H,4-5,10H2,1-3H3. The Labute approximate surface area is 153 Å². The average molecular weight is 357 g/mol. The van der Waals surface area contributed by atoms with Crippen molar-refractivity contribution in [1.29, 1.82) is 0 Å². The maximum Gasteiger partial charge on any atom is 0.161 e. The van der Waals surface area contributed by atoms with E-state index in [4.69, 9.17) is 21.1 Å². The highest BCUT2D eigenvalue weighted by Gasteiger charge is 2.21. The molecule has 1 aliphatic heterocycles. The quantitative estimate of drug-likeness (QED) is 0.764. The summed E-state index contributed by atoms with van der Waals surface area (Å²) in [5, 5.41) is 9.48. The van der Waals surface area contributed by atoms with Crippen molar-refractivity contribution in [2.75, 3.05) is 13.2 Å². The number of hydrogen-bond acceptors (Lipinski definition) is 4. The molecule has 0 saturated carbocycles. The van der Waals surface area contributed by atoms with Gasteiger partial charge in [-0.3, -0.25) is 0 Å². The van der Waals surface area contributed by atoms with Gasteiger partial charge < -0.3 is 9.47 Å². The van der Waals surface area contributed by atoms with Gasteiger partial charge in [0.1, 0.15) is 5.71 Å². The summed E-state index contributed by atoms with van der Waals surface area (Å²) in [7, 11) is 0. The summed E-state index contributed by atoms with van der Waals surface area (Å²) in [5.74, 6) is 1.46. The minimum absolute atomic E-state index is 0.562. The molecule has 3 rings (SSSR count). The van der Waals surface area contributed by atoms with Crippen LogP contribution in [0.2, 0.25) is 5.02 Å². The van der Waals surface area contributed by atoms with Gasteiger partial charge in [0, 0.05) is 23.3 Å². The molecule has 0 radical (unpaired) electrons. The fraction of sp³-hybridized carbons (Fsp3) is 0.300. The van der Waals surface area contributed by atoms with Gasteiger partial charge in [0.05, 0.1) is 18.2 Å². The minimum Gasteiger partial charge on any atom is -0.490 e. The van der Waals surface area contributed by atoms with Crippen LogP contribution in [0.1, 0.15) is 37.5 Å². The van der Waals surface area contributed by atoms with Crippen molar-refractivity contribution in [3.05, 3.63) is 58.1 Å². The van der Waals surface area contributed by atoms with Crippen molar-refractivity contribution in [1.82, 2.24) is 0 Å². The molecule has 0 aromatic heterocycles. The normalized spacial score (nSPS) is 13.4. The van der Waals surface area contributed by atoms with E-state index in [0.29, 0.717) is 30.4 Å². The van der Waals surface area contributed by atoms with Crippen LogP contribution < -0.4 is 9.47 Å². The summed E-state index contributed by atoms with van der Waals surface area (Å²) < 4.78 is 11.6. The smallest absolute Gasteiger partial charge is 0.161 e. The van der Waals surface area contributed by atoms with Crippen molar-refractivity contribution < 1.29 is 9.47 Å². The van der Waals surface area contributed by atoms with Gasteiger partial charge in [0.25, 0.3) is 0 Å². The van der Waals surface area contributed by atoms with E-state index in [1.807, 2.05) is 57.2 Å². The first-order chi connectivity index (χ1) is 12.1. The third kappa shape index (κ3) is 3.69. The Morgan fingerprint density at radius 2 is 1.64 bits per heavy atom. The lowest BCUT2D eigenvalue weighted by atomic mass is 9.94. The highest BCUT2D eigenvalue weighted by atomic mass is 35.5. The van der Waals surface area contributed by atoms with Gasteiger partial charge in [-0.15, -0.1) is 5.10 Å². The van der Waals surface area contributed by atoms with Gasteiger partial charge in [-0.2, -0.15) is 5.10 Å². The first-order valence-corrected chi connectivity index (χ1v) is 8.80. The Balaban J connectivity index is 2.20. The maximum atomic E-state index is 6.41. The first kappa shape index (κ1) is 17.5. The summed E-state index contributed by atoms with van der Waals surface area (Å²) >= 11 is 6.41. The van der Waals surface area contributed by atoms with E-state index in [0.717, 1.165) is 33.9 Å². The number of fused-ring (bicyclic) bond motifs is 1. The van der Waals surface area contributed by atoms with E-state index in [-0.39, 0.29) is 0 Å². The molecule has 0 unspecified atom stereocenters. The summed E-state index contributed by atoms with van der Waals surface area (Å²) in [5.41, 5.74) is 4.62. The molecule has 130 valence electrons. The SMILES string of the molecule is CCOc1cc2c(cc1OCC)C(c1ccccc1Cl)=NN=C(C)C2. The summed E-state index contributed by atoms with van der Waals surface area (Å²) in [4.78, 5) is 0. The second-order valence-corrected chi connectivity index (χ2v) is 6.17. The Hall–Kier alpha value is -2.33. The monoisotopic (exact) mass is 356 g/mol. The zero-order chi connectivity index (χ0) is 17.8. The Kier molecular flexibility index (Phi) is 5.39. The third-order valence-corrected chi connectivity index (χ3v) is 4.25. The molecule has 1 aliphatic rings. The van der Waals surface area contributed by atoms with Crippen LogP contribution >= 0.6 is 11.6 Å². The highest BCUT2D eigenvalue weighted by molar-refractivity contribution is 6.35. The molecule has 0 N–H and O–H groups in total. The van der Waals surface area contributed by atoms with E-state index in [1.165, 1.54) is 0 Å². The molecule has 0 bridgehead atoms. The van der Waals surface area contributed by atoms with E-state index in [9.17, 15) is 0 Å². The van der Waals surface area contributed by atoms with Crippen LogP contribution in [0.4, 0.5) is 0 Å². The largest absolute Gasteiger partial charge is 0.490 e. The molecule has 0 aliphatic carbocycles. The van der Waals surface area contributed by atoms with Gasteiger partial charge in [-0.25, -0.2) is 0 Å². The molecule has 2 aromatic rings. The van der Waals surface area contributed by atoms with Gasteiger partial charge in [-0.1, -0.05) is 29.8 Å². The van der Waals surface area contributed by atoms with Gasteiger partial charge in [0.2, 0.25) is 0 Å². The average Bonchev–Trinajstić information content (AvgIpc) is 2.74. The van der Waals surface area contributed by atoms with Crippen LogP contribution in [0, 0.1) is 0 Å². The fourth-order valence-corrected chi connectivity index (χ4v) is 3.08. The van der Waals surface area contributed by atoms with Crippen LogP contribution in [0.5, 0.6) is 11.5 Å². The zero-order valence-corrected chi connectivity index (χ0v) is 15.4. The van der Waals surface area contributed by atoms with Crippen molar-refractivity contribution >= 4 is 23.0 Å². The summed E-state index contributed by atoms with van der Waals surface area (Å²) in [6, 6.07) is 11.7. The molecule has 0 fully saturated rings. The maximum absolute atomic E-state index is 6.41. The number of halogens is 1. The van der Waals surface area contributed by atoms with Crippen molar-refractivity contribution in [3.63, 3.8) is 0 Å². The molecule has 1 heterocycles. The number of hydrogen-bond donors (Lipinski definition) is 0. The topological polar surface area (TPSA) is 43.2 Å². The molecule has 5 heteroatoms. The molecule has 0 atom stereocenters. The lowest BCUT2D eigenvalue weighted by molar-refractivity contribution is 0.287. The van der Waals surface area contributed by atoms with Crippen LogP contribution in [-0.4, -0.2) is 24.6 Å². The molecule has 0 saturated heterocycles.